The number of nitrogens with zero attached hydrogens (tertiary/aromatic N) is 2. The van der Waals surface area contributed by atoms with Crippen molar-refractivity contribution in [1.29, 1.82) is 0 Å². The standard InChI is InChI=1S/C25H18BrClN2O4S/c1-29-23(30)22(34-25(29)28-18-9-7-16(8-10-18)24(31)32)13-15-6-11-21(19(26)12-15)33-14-17-4-2-3-5-20(17)27/h2-13H,14H2,1H3,(H,31,32)/b22-13-,28-25?. The van der Waals surface area contributed by atoms with E-state index in [2.05, 4.69) is 20.9 Å². The summed E-state index contributed by atoms with van der Waals surface area (Å²) in [7, 11) is 1.65. The molecule has 1 N–H and O–H groups in total. The van der Waals surface area contributed by atoms with Gasteiger partial charge in [-0.15, -0.1) is 0 Å². The van der Waals surface area contributed by atoms with Crippen LogP contribution in [0.1, 0.15) is 21.5 Å². The fraction of sp³-hybridized carbons (Fsp3) is 0.0800. The van der Waals surface area contributed by atoms with Crippen LogP contribution in [0, 0.1) is 0 Å². The number of hydrogen-bond acceptors (Lipinski definition) is 5. The molecule has 0 saturated carbocycles. The van der Waals surface area contributed by atoms with Gasteiger partial charge in [-0.3, -0.25) is 9.69 Å². The molecule has 1 fully saturated rings. The third-order valence-electron chi connectivity index (χ3n) is 4.94. The summed E-state index contributed by atoms with van der Waals surface area (Å²) in [4.78, 5) is 30.2. The van der Waals surface area contributed by atoms with Gasteiger partial charge in [-0.2, -0.15) is 0 Å². The van der Waals surface area contributed by atoms with Gasteiger partial charge in [-0.1, -0.05) is 35.9 Å². The monoisotopic (exact) mass is 556 g/mol. The first-order valence-corrected chi connectivity index (χ1v) is 12.1. The van der Waals surface area contributed by atoms with Gasteiger partial charge in [0.05, 0.1) is 20.6 Å². The van der Waals surface area contributed by atoms with Crippen molar-refractivity contribution >= 4 is 68.1 Å². The van der Waals surface area contributed by atoms with E-state index in [1.165, 1.54) is 28.8 Å². The van der Waals surface area contributed by atoms with Gasteiger partial charge in [-0.25, -0.2) is 9.79 Å². The van der Waals surface area contributed by atoms with Crippen LogP contribution in [0.3, 0.4) is 0 Å². The van der Waals surface area contributed by atoms with Gasteiger partial charge in [0, 0.05) is 17.6 Å². The van der Waals surface area contributed by atoms with Crippen LogP contribution in [0.2, 0.25) is 5.02 Å². The molecule has 1 saturated heterocycles. The van der Waals surface area contributed by atoms with Crippen LogP contribution < -0.4 is 4.74 Å². The number of rotatable bonds is 6. The number of carbonyl (C=O) groups is 2. The second-order valence-corrected chi connectivity index (χ2v) is 9.56. The van der Waals surface area contributed by atoms with Gasteiger partial charge >= 0.3 is 5.97 Å². The van der Waals surface area contributed by atoms with E-state index in [0.717, 1.165) is 15.6 Å². The number of halogens is 2. The van der Waals surface area contributed by atoms with Gasteiger partial charge in [0.1, 0.15) is 12.4 Å². The Kier molecular flexibility index (Phi) is 7.41. The minimum atomic E-state index is -1.00. The maximum atomic E-state index is 12.7. The second kappa shape index (κ2) is 10.5. The lowest BCUT2D eigenvalue weighted by molar-refractivity contribution is -0.121. The molecular formula is C25H18BrClN2O4S. The van der Waals surface area contributed by atoms with Gasteiger partial charge < -0.3 is 9.84 Å². The normalized spacial score (nSPS) is 15.9. The molecule has 0 aliphatic carbocycles. The molecule has 3 aromatic rings. The number of hydrogen-bond donors (Lipinski definition) is 1. The third kappa shape index (κ3) is 5.52. The van der Waals surface area contributed by atoms with Crippen molar-refractivity contribution < 1.29 is 19.4 Å². The zero-order chi connectivity index (χ0) is 24.2. The molecule has 4 rings (SSSR count). The highest BCUT2D eigenvalue weighted by Gasteiger charge is 2.30. The predicted octanol–water partition coefficient (Wildman–Crippen LogP) is 6.61. The van der Waals surface area contributed by atoms with Crippen LogP contribution in [0.15, 0.2) is 81.1 Å². The number of ether oxygens (including phenoxy) is 1. The number of carboxylic acid groups (broad SMARTS) is 1. The van der Waals surface area contributed by atoms with Crippen LogP contribution in [-0.2, 0) is 11.4 Å². The van der Waals surface area contributed by atoms with E-state index in [4.69, 9.17) is 21.4 Å². The maximum Gasteiger partial charge on any atom is 0.335 e. The zero-order valence-corrected chi connectivity index (χ0v) is 21.0. The molecule has 34 heavy (non-hydrogen) atoms. The summed E-state index contributed by atoms with van der Waals surface area (Å²) >= 11 is 11.0. The highest BCUT2D eigenvalue weighted by Crippen LogP contribution is 2.35. The number of likely N-dealkylation sites (N-methyl/N-ethyl adjacent to an activating group) is 1. The molecule has 9 heteroatoms. The summed E-state index contributed by atoms with van der Waals surface area (Å²) in [6.45, 7) is 0.338. The highest BCUT2D eigenvalue weighted by molar-refractivity contribution is 9.10. The first-order chi connectivity index (χ1) is 16.3. The SMILES string of the molecule is CN1C(=O)/C(=C/c2ccc(OCc3ccccc3Cl)c(Br)c2)SC1=Nc1ccc(C(=O)O)cc1. The van der Waals surface area contributed by atoms with Crippen LogP contribution in [-0.4, -0.2) is 34.1 Å². The Morgan fingerprint density at radius 1 is 1.18 bits per heavy atom. The van der Waals surface area contributed by atoms with Gasteiger partial charge in [-0.05, 0) is 81.8 Å². The van der Waals surface area contributed by atoms with Crippen molar-refractivity contribution in [2.75, 3.05) is 7.05 Å². The minimum absolute atomic E-state index is 0.166. The van der Waals surface area contributed by atoms with E-state index >= 15 is 0 Å². The Bertz CT molecular complexity index is 1320. The maximum absolute atomic E-state index is 12.7. The van der Waals surface area contributed by atoms with Crippen molar-refractivity contribution in [3.8, 4) is 5.75 Å². The molecule has 1 aliphatic heterocycles. The third-order valence-corrected chi connectivity index (χ3v) is 6.99. The van der Waals surface area contributed by atoms with Gasteiger partial charge in [0.2, 0.25) is 0 Å². The quantitative estimate of drug-likeness (QED) is 0.345. The Morgan fingerprint density at radius 2 is 1.91 bits per heavy atom. The van der Waals surface area contributed by atoms with E-state index in [-0.39, 0.29) is 11.5 Å². The number of thioether (sulfide) groups is 1. The van der Waals surface area contributed by atoms with Crippen molar-refractivity contribution in [3.05, 3.63) is 97.8 Å². The fourth-order valence-corrected chi connectivity index (χ4v) is 4.77. The molecule has 6 nitrogen and oxygen atoms in total. The van der Waals surface area contributed by atoms with Crippen LogP contribution in [0.5, 0.6) is 5.75 Å². The van der Waals surface area contributed by atoms with Crippen LogP contribution >= 0.6 is 39.3 Å². The number of carboxylic acids is 1. The minimum Gasteiger partial charge on any atom is -0.488 e. The molecule has 0 atom stereocenters. The Hall–Kier alpha value is -3.07. The lowest BCUT2D eigenvalue weighted by Gasteiger charge is -2.10. The van der Waals surface area contributed by atoms with Crippen molar-refractivity contribution in [1.82, 2.24) is 4.90 Å². The topological polar surface area (TPSA) is 79.2 Å². The molecule has 0 aromatic heterocycles. The summed E-state index contributed by atoms with van der Waals surface area (Å²) in [5.74, 6) is -0.504. The summed E-state index contributed by atoms with van der Waals surface area (Å²) in [6, 6.07) is 19.3. The molecule has 172 valence electrons. The molecule has 1 amide bonds. The molecule has 3 aromatic carbocycles. The van der Waals surface area contributed by atoms with Gasteiger partial charge in [0.25, 0.3) is 5.91 Å². The number of amidine groups is 1. The number of aromatic carboxylic acids is 1. The largest absolute Gasteiger partial charge is 0.488 e. The second-order valence-electron chi connectivity index (χ2n) is 7.29. The Labute approximate surface area is 214 Å². The summed E-state index contributed by atoms with van der Waals surface area (Å²) < 4.78 is 6.64. The molecule has 0 bridgehead atoms. The summed E-state index contributed by atoms with van der Waals surface area (Å²) in [5, 5.41) is 10.2. The molecule has 1 aliphatic rings. The molecular weight excluding hydrogens is 540 g/mol. The lowest BCUT2D eigenvalue weighted by Crippen LogP contribution is -2.23. The van der Waals surface area contributed by atoms with Crippen molar-refractivity contribution in [2.45, 2.75) is 6.61 Å². The van der Waals surface area contributed by atoms with Crippen molar-refractivity contribution in [2.24, 2.45) is 4.99 Å². The average Bonchev–Trinajstić information content (AvgIpc) is 3.07. The average molecular weight is 558 g/mol. The lowest BCUT2D eigenvalue weighted by atomic mass is 10.2. The number of aliphatic imine (C=N–C) groups is 1. The molecule has 0 spiro atoms. The Balaban J connectivity index is 1.49. The summed E-state index contributed by atoms with van der Waals surface area (Å²) in [5.41, 5.74) is 2.46. The smallest absolute Gasteiger partial charge is 0.335 e. The first kappa shape index (κ1) is 24.1. The molecule has 1 heterocycles. The van der Waals surface area contributed by atoms with Crippen LogP contribution in [0.4, 0.5) is 5.69 Å². The van der Waals surface area contributed by atoms with Crippen LogP contribution in [0.25, 0.3) is 6.08 Å². The van der Waals surface area contributed by atoms with Gasteiger partial charge in [0.15, 0.2) is 5.17 Å². The number of carbonyl (C=O) groups excluding carboxylic acids is 1. The van der Waals surface area contributed by atoms with E-state index in [1.54, 1.807) is 25.3 Å². The van der Waals surface area contributed by atoms with Crippen molar-refractivity contribution in [3.63, 3.8) is 0 Å². The molecule has 0 radical (unpaired) electrons. The summed E-state index contributed by atoms with van der Waals surface area (Å²) in [6.07, 6.45) is 1.79. The first-order valence-electron chi connectivity index (χ1n) is 10.1. The van der Waals surface area contributed by atoms with E-state index < -0.39 is 5.97 Å². The zero-order valence-electron chi connectivity index (χ0n) is 17.9. The highest BCUT2D eigenvalue weighted by atomic mass is 79.9. The molecule has 0 unspecified atom stereocenters. The number of amides is 1. The van der Waals surface area contributed by atoms with E-state index in [0.29, 0.717) is 33.1 Å². The Morgan fingerprint density at radius 3 is 2.59 bits per heavy atom. The van der Waals surface area contributed by atoms with E-state index in [9.17, 15) is 9.59 Å². The van der Waals surface area contributed by atoms with E-state index in [1.807, 2.05) is 42.5 Å². The predicted molar refractivity (Wildman–Crippen MR) is 139 cm³/mol. The fourth-order valence-electron chi connectivity index (χ4n) is 3.09. The number of benzene rings is 3.